The zero-order valence-electron chi connectivity index (χ0n) is 12.2. The molecule has 4 fully saturated rings. The van der Waals surface area contributed by atoms with E-state index in [0.29, 0.717) is 6.04 Å². The van der Waals surface area contributed by atoms with Gasteiger partial charge in [-0.1, -0.05) is 14.4 Å². The predicted octanol–water partition coefficient (Wildman–Crippen LogP) is 2.31. The summed E-state index contributed by atoms with van der Waals surface area (Å²) in [4.78, 5) is 5.02. The van der Waals surface area contributed by atoms with Gasteiger partial charge in [0.25, 0.3) is 0 Å². The van der Waals surface area contributed by atoms with E-state index in [4.69, 9.17) is 5.73 Å². The van der Waals surface area contributed by atoms with Gasteiger partial charge in [-0.3, -0.25) is 4.90 Å². The van der Waals surface area contributed by atoms with Gasteiger partial charge >= 0.3 is 0 Å². The molecule has 4 rings (SSSR count). The van der Waals surface area contributed by atoms with Gasteiger partial charge in [-0.05, 0) is 58.5 Å². The summed E-state index contributed by atoms with van der Waals surface area (Å²) in [5.74, 6) is 0.980. The molecule has 2 N–H and O–H groups in total. The first-order valence-corrected chi connectivity index (χ1v) is 7.77. The molecule has 4 aliphatic heterocycles. The highest BCUT2D eigenvalue weighted by atomic mass is 15.2. The van der Waals surface area contributed by atoms with E-state index in [-0.39, 0.29) is 7.43 Å². The van der Waals surface area contributed by atoms with Crippen molar-refractivity contribution in [2.45, 2.75) is 83.1 Å². The van der Waals surface area contributed by atoms with Gasteiger partial charge in [0, 0.05) is 30.2 Å². The molecule has 0 aromatic carbocycles. The van der Waals surface area contributed by atoms with Crippen molar-refractivity contribution in [3.63, 3.8) is 0 Å². The van der Waals surface area contributed by atoms with Crippen LogP contribution in [0.2, 0.25) is 0 Å². The van der Waals surface area contributed by atoms with Crippen LogP contribution in [-0.2, 0) is 0 Å². The normalized spacial score (nSPS) is 48.0. The lowest BCUT2D eigenvalue weighted by Gasteiger charge is -2.16. The average Bonchev–Trinajstić information content (AvgIpc) is 3.02. The van der Waals surface area contributed by atoms with Crippen molar-refractivity contribution in [2.24, 2.45) is 11.7 Å². The third kappa shape index (κ3) is 2.57. The van der Waals surface area contributed by atoms with Crippen molar-refractivity contribution < 1.29 is 0 Å². The van der Waals surface area contributed by atoms with E-state index < -0.39 is 0 Å². The van der Waals surface area contributed by atoms with Crippen LogP contribution in [0.3, 0.4) is 0 Å². The first kappa shape index (κ1) is 15.3. The Morgan fingerprint density at radius 3 is 1.53 bits per heavy atom. The standard InChI is InChI=1S/C8H15N.C7H14N2.CH4/c1-6-5-7-3-4-8(6)9(7)2;1-9-5-2-3-7(9)6(8)4-5;/h6-8H,3-5H2,1-2H3;5-7H,2-4,8H2,1H3;1H4/t6-,7+,8-;5-,6+,7+;/m11./s1. The van der Waals surface area contributed by atoms with Crippen LogP contribution < -0.4 is 5.73 Å². The van der Waals surface area contributed by atoms with Gasteiger partial charge in [0.2, 0.25) is 0 Å². The van der Waals surface area contributed by atoms with Crippen LogP contribution in [0.25, 0.3) is 0 Å². The van der Waals surface area contributed by atoms with Crippen LogP contribution in [0.1, 0.15) is 52.9 Å². The SMILES string of the molecule is C.CN1[C@@H]2CC[C@H]1[C@@H](N)C2.C[C@@H]1C[C@@H]2CC[C@H]1N2C. The van der Waals surface area contributed by atoms with Crippen molar-refractivity contribution in [1.29, 1.82) is 0 Å². The highest BCUT2D eigenvalue weighted by Gasteiger charge is 2.42. The number of likely N-dealkylation sites (N-methyl/N-ethyl adjacent to an activating group) is 1. The minimum absolute atomic E-state index is 0. The lowest BCUT2D eigenvalue weighted by atomic mass is 9.91. The fraction of sp³-hybridized carbons (Fsp3) is 1.00. The zero-order valence-corrected chi connectivity index (χ0v) is 12.2. The Labute approximate surface area is 119 Å². The highest BCUT2D eigenvalue weighted by molar-refractivity contribution is 5.00. The minimum Gasteiger partial charge on any atom is -0.326 e. The van der Waals surface area contributed by atoms with Crippen LogP contribution in [0, 0.1) is 5.92 Å². The van der Waals surface area contributed by atoms with Gasteiger partial charge in [-0.15, -0.1) is 0 Å². The number of nitrogens with two attached hydrogens (primary N) is 1. The van der Waals surface area contributed by atoms with E-state index in [2.05, 4.69) is 30.8 Å². The monoisotopic (exact) mass is 267 g/mol. The van der Waals surface area contributed by atoms with Crippen LogP contribution in [0.15, 0.2) is 0 Å². The molecule has 0 aromatic heterocycles. The topological polar surface area (TPSA) is 32.5 Å². The Morgan fingerprint density at radius 1 is 0.842 bits per heavy atom. The van der Waals surface area contributed by atoms with Gasteiger partial charge < -0.3 is 10.6 Å². The van der Waals surface area contributed by atoms with E-state index >= 15 is 0 Å². The molecule has 4 heterocycles. The molecule has 0 radical (unpaired) electrons. The number of hydrogen-bond acceptors (Lipinski definition) is 3. The molecule has 4 saturated heterocycles. The van der Waals surface area contributed by atoms with Gasteiger partial charge in [0.1, 0.15) is 0 Å². The summed E-state index contributed by atoms with van der Waals surface area (Å²) in [7, 11) is 4.49. The summed E-state index contributed by atoms with van der Waals surface area (Å²) in [5, 5.41) is 0. The minimum atomic E-state index is 0. The summed E-state index contributed by atoms with van der Waals surface area (Å²) in [6.07, 6.45) is 8.34. The number of hydrogen-bond donors (Lipinski definition) is 1. The van der Waals surface area contributed by atoms with Crippen molar-refractivity contribution in [3.8, 4) is 0 Å². The Balaban J connectivity index is 0.000000133. The molecule has 4 aliphatic rings. The molecule has 0 saturated carbocycles. The second kappa shape index (κ2) is 5.71. The third-order valence-electron chi connectivity index (χ3n) is 6.13. The molecule has 0 spiro atoms. The van der Waals surface area contributed by atoms with Crippen molar-refractivity contribution in [1.82, 2.24) is 9.80 Å². The second-order valence-corrected chi connectivity index (χ2v) is 7.04. The predicted molar refractivity (Wildman–Crippen MR) is 82.3 cm³/mol. The summed E-state index contributed by atoms with van der Waals surface area (Å²) in [6.45, 7) is 2.39. The maximum atomic E-state index is 5.87. The third-order valence-corrected chi connectivity index (χ3v) is 6.13. The molecule has 0 aliphatic carbocycles. The van der Waals surface area contributed by atoms with Crippen molar-refractivity contribution in [3.05, 3.63) is 0 Å². The first-order chi connectivity index (χ1) is 8.58. The molecular weight excluding hydrogens is 234 g/mol. The van der Waals surface area contributed by atoms with Gasteiger partial charge in [-0.25, -0.2) is 0 Å². The second-order valence-electron chi connectivity index (χ2n) is 7.04. The van der Waals surface area contributed by atoms with Crippen LogP contribution >= 0.6 is 0 Å². The van der Waals surface area contributed by atoms with Gasteiger partial charge in [-0.2, -0.15) is 0 Å². The van der Waals surface area contributed by atoms with Gasteiger partial charge in [0.05, 0.1) is 0 Å². The quantitative estimate of drug-likeness (QED) is 0.731. The maximum absolute atomic E-state index is 5.87. The lowest BCUT2D eigenvalue weighted by Crippen LogP contribution is -2.34. The summed E-state index contributed by atoms with van der Waals surface area (Å²) in [5.41, 5.74) is 5.87. The van der Waals surface area contributed by atoms with Gasteiger partial charge in [0.15, 0.2) is 0 Å². The molecule has 0 unspecified atom stereocenters. The molecule has 0 aromatic rings. The van der Waals surface area contributed by atoms with E-state index in [1.165, 1.54) is 38.5 Å². The maximum Gasteiger partial charge on any atom is 0.0248 e. The smallest absolute Gasteiger partial charge is 0.0248 e. The summed E-state index contributed by atoms with van der Waals surface area (Å²) >= 11 is 0. The Morgan fingerprint density at radius 2 is 1.37 bits per heavy atom. The van der Waals surface area contributed by atoms with Crippen LogP contribution in [0.5, 0.6) is 0 Å². The van der Waals surface area contributed by atoms with Crippen LogP contribution in [-0.4, -0.2) is 54.1 Å². The molecule has 3 heteroatoms. The zero-order chi connectivity index (χ0) is 12.9. The van der Waals surface area contributed by atoms with Crippen molar-refractivity contribution in [2.75, 3.05) is 14.1 Å². The summed E-state index contributed by atoms with van der Waals surface area (Å²) < 4.78 is 0. The number of nitrogens with zero attached hydrogens (tertiary/aromatic N) is 2. The fourth-order valence-corrected chi connectivity index (χ4v) is 4.91. The molecule has 0 amide bonds. The lowest BCUT2D eigenvalue weighted by molar-refractivity contribution is 0.296. The molecule has 3 nitrogen and oxygen atoms in total. The summed E-state index contributed by atoms with van der Waals surface area (Å²) in [6, 6.07) is 3.91. The molecule has 6 atom stereocenters. The molecule has 19 heavy (non-hydrogen) atoms. The Kier molecular flexibility index (Phi) is 4.59. The Bertz CT molecular complexity index is 276. The molecule has 112 valence electrons. The van der Waals surface area contributed by atoms with E-state index in [0.717, 1.165) is 30.1 Å². The fourth-order valence-electron chi connectivity index (χ4n) is 4.91. The van der Waals surface area contributed by atoms with E-state index in [9.17, 15) is 0 Å². The van der Waals surface area contributed by atoms with E-state index in [1.54, 1.807) is 0 Å². The highest BCUT2D eigenvalue weighted by Crippen LogP contribution is 2.39. The van der Waals surface area contributed by atoms with Crippen LogP contribution in [0.4, 0.5) is 0 Å². The number of rotatable bonds is 0. The molecular formula is C16H33N3. The molecule has 4 bridgehead atoms. The first-order valence-electron chi connectivity index (χ1n) is 7.77. The Hall–Kier alpha value is -0.120. The van der Waals surface area contributed by atoms with Crippen molar-refractivity contribution >= 4 is 0 Å². The number of fused-ring (bicyclic) bond motifs is 4. The van der Waals surface area contributed by atoms with E-state index in [1.807, 2.05) is 0 Å². The largest absolute Gasteiger partial charge is 0.326 e. The average molecular weight is 267 g/mol.